The largest absolute Gasteiger partial charge is 0.477 e. The van der Waals surface area contributed by atoms with Gasteiger partial charge in [-0.25, -0.2) is 9.78 Å². The number of hydrogen-bond acceptors (Lipinski definition) is 4. The average molecular weight is 243 g/mol. The zero-order valence-corrected chi connectivity index (χ0v) is 9.87. The van der Waals surface area contributed by atoms with Crippen molar-refractivity contribution in [3.05, 3.63) is 54.1 Å². The van der Waals surface area contributed by atoms with E-state index in [4.69, 9.17) is 5.11 Å². The lowest BCUT2D eigenvalue weighted by Crippen LogP contribution is -2.09. The van der Waals surface area contributed by atoms with E-state index < -0.39 is 5.97 Å². The smallest absolute Gasteiger partial charge is 0.354 e. The summed E-state index contributed by atoms with van der Waals surface area (Å²) in [6.45, 7) is 1.98. The highest BCUT2D eigenvalue weighted by Gasteiger charge is 2.07. The average Bonchev–Trinajstić information content (AvgIpc) is 2.40. The lowest BCUT2D eigenvalue weighted by atomic mass is 10.2. The predicted molar refractivity (Wildman–Crippen MR) is 67.5 cm³/mol. The molecule has 2 aromatic rings. The van der Waals surface area contributed by atoms with Crippen molar-refractivity contribution in [2.24, 2.45) is 0 Å². The lowest BCUT2D eigenvalue weighted by molar-refractivity contribution is 0.0690. The number of carboxylic acids is 1. The van der Waals surface area contributed by atoms with Crippen molar-refractivity contribution in [2.75, 3.05) is 5.32 Å². The molecule has 0 aliphatic carbocycles. The Morgan fingerprint density at radius 2 is 2.11 bits per heavy atom. The minimum absolute atomic E-state index is 0.0312. The van der Waals surface area contributed by atoms with Gasteiger partial charge in [0.2, 0.25) is 0 Å². The van der Waals surface area contributed by atoms with E-state index in [0.717, 1.165) is 11.4 Å². The number of pyridine rings is 2. The van der Waals surface area contributed by atoms with Crippen LogP contribution in [0.5, 0.6) is 0 Å². The first kappa shape index (κ1) is 12.0. The third-order valence-electron chi connectivity index (χ3n) is 2.50. The Morgan fingerprint density at radius 3 is 2.67 bits per heavy atom. The number of nitrogens with one attached hydrogen (secondary N) is 1. The lowest BCUT2D eigenvalue weighted by Gasteiger charge is -2.14. The quantitative estimate of drug-likeness (QED) is 0.862. The van der Waals surface area contributed by atoms with Crippen molar-refractivity contribution in [1.82, 2.24) is 9.97 Å². The molecule has 0 fully saturated rings. The maximum Gasteiger partial charge on any atom is 0.354 e. The Labute approximate surface area is 105 Å². The SMILES string of the molecule is CC(Nc1ccc(C(=O)O)nc1)c1ccccn1. The highest BCUT2D eigenvalue weighted by Crippen LogP contribution is 2.16. The third-order valence-corrected chi connectivity index (χ3v) is 2.50. The Hall–Kier alpha value is -2.43. The van der Waals surface area contributed by atoms with Crippen LogP contribution in [0.2, 0.25) is 0 Å². The van der Waals surface area contributed by atoms with Crippen LogP contribution in [0.4, 0.5) is 5.69 Å². The normalized spacial score (nSPS) is 11.8. The van der Waals surface area contributed by atoms with Crippen molar-refractivity contribution in [2.45, 2.75) is 13.0 Å². The molecular formula is C13H13N3O2. The molecule has 0 saturated carbocycles. The molecule has 2 aromatic heterocycles. The van der Waals surface area contributed by atoms with E-state index in [9.17, 15) is 4.79 Å². The second-order valence-electron chi connectivity index (χ2n) is 3.86. The summed E-state index contributed by atoms with van der Waals surface area (Å²) in [7, 11) is 0. The first-order valence-electron chi connectivity index (χ1n) is 5.53. The second kappa shape index (κ2) is 5.27. The van der Waals surface area contributed by atoms with Crippen LogP contribution in [0.25, 0.3) is 0 Å². The van der Waals surface area contributed by atoms with Gasteiger partial charge in [-0.3, -0.25) is 4.98 Å². The van der Waals surface area contributed by atoms with Gasteiger partial charge in [-0.2, -0.15) is 0 Å². The molecule has 5 heteroatoms. The molecule has 1 atom stereocenters. The van der Waals surface area contributed by atoms with Gasteiger partial charge in [0.25, 0.3) is 0 Å². The van der Waals surface area contributed by atoms with Gasteiger partial charge in [-0.05, 0) is 31.2 Å². The van der Waals surface area contributed by atoms with E-state index in [1.54, 1.807) is 12.3 Å². The summed E-state index contributed by atoms with van der Waals surface area (Å²) in [5, 5.41) is 11.9. The van der Waals surface area contributed by atoms with Gasteiger partial charge in [-0.15, -0.1) is 0 Å². The van der Waals surface area contributed by atoms with Crippen LogP contribution in [0.1, 0.15) is 29.1 Å². The summed E-state index contributed by atoms with van der Waals surface area (Å²) in [6, 6.07) is 8.90. The second-order valence-corrected chi connectivity index (χ2v) is 3.86. The molecule has 0 amide bonds. The standard InChI is InChI=1S/C13H13N3O2/c1-9(11-4-2-3-7-14-11)16-10-5-6-12(13(17)18)15-8-10/h2-9,16H,1H3,(H,17,18). The Bertz CT molecular complexity index is 526. The molecule has 0 bridgehead atoms. The van der Waals surface area contributed by atoms with Crippen LogP contribution in [0, 0.1) is 0 Å². The minimum Gasteiger partial charge on any atom is -0.477 e. The van der Waals surface area contributed by atoms with Gasteiger partial charge in [0.05, 0.1) is 23.6 Å². The molecule has 0 spiro atoms. The van der Waals surface area contributed by atoms with Gasteiger partial charge in [0, 0.05) is 6.20 Å². The van der Waals surface area contributed by atoms with Crippen molar-refractivity contribution < 1.29 is 9.90 Å². The Morgan fingerprint density at radius 1 is 1.28 bits per heavy atom. The summed E-state index contributed by atoms with van der Waals surface area (Å²) in [4.78, 5) is 18.7. The fourth-order valence-electron chi connectivity index (χ4n) is 1.56. The molecule has 0 aromatic carbocycles. The van der Waals surface area contributed by atoms with Crippen LogP contribution in [-0.4, -0.2) is 21.0 Å². The van der Waals surface area contributed by atoms with E-state index >= 15 is 0 Å². The van der Waals surface area contributed by atoms with Crippen LogP contribution < -0.4 is 5.32 Å². The maximum atomic E-state index is 10.7. The number of rotatable bonds is 4. The Balaban J connectivity index is 2.08. The summed E-state index contributed by atoms with van der Waals surface area (Å²) in [5.74, 6) is -1.03. The highest BCUT2D eigenvalue weighted by molar-refractivity contribution is 5.85. The zero-order chi connectivity index (χ0) is 13.0. The highest BCUT2D eigenvalue weighted by atomic mass is 16.4. The first-order valence-corrected chi connectivity index (χ1v) is 5.53. The molecular weight excluding hydrogens is 230 g/mol. The maximum absolute atomic E-state index is 10.7. The van der Waals surface area contributed by atoms with E-state index in [0.29, 0.717) is 0 Å². The van der Waals surface area contributed by atoms with E-state index in [2.05, 4.69) is 15.3 Å². The first-order chi connectivity index (χ1) is 8.66. The summed E-state index contributed by atoms with van der Waals surface area (Å²) >= 11 is 0. The number of aromatic carboxylic acids is 1. The van der Waals surface area contributed by atoms with Gasteiger partial charge in [0.15, 0.2) is 0 Å². The third kappa shape index (κ3) is 2.82. The Kier molecular flexibility index (Phi) is 3.52. The molecule has 92 valence electrons. The van der Waals surface area contributed by atoms with Gasteiger partial charge in [-0.1, -0.05) is 6.07 Å². The molecule has 0 aliphatic rings. The predicted octanol–water partition coefficient (Wildman–Crippen LogP) is 2.35. The zero-order valence-electron chi connectivity index (χ0n) is 9.87. The van der Waals surface area contributed by atoms with E-state index in [1.165, 1.54) is 12.3 Å². The van der Waals surface area contributed by atoms with Crippen LogP contribution in [-0.2, 0) is 0 Å². The molecule has 0 radical (unpaired) electrons. The fraction of sp³-hybridized carbons (Fsp3) is 0.154. The van der Waals surface area contributed by atoms with Gasteiger partial charge < -0.3 is 10.4 Å². The molecule has 2 N–H and O–H groups in total. The van der Waals surface area contributed by atoms with Crippen molar-refractivity contribution in [3.8, 4) is 0 Å². The summed E-state index contributed by atoms with van der Waals surface area (Å²) < 4.78 is 0. The minimum atomic E-state index is -1.03. The van der Waals surface area contributed by atoms with Crippen LogP contribution in [0.3, 0.4) is 0 Å². The van der Waals surface area contributed by atoms with Crippen molar-refractivity contribution >= 4 is 11.7 Å². The number of carbonyl (C=O) groups is 1. The van der Waals surface area contributed by atoms with Crippen LogP contribution >= 0.6 is 0 Å². The monoisotopic (exact) mass is 243 g/mol. The number of aromatic nitrogens is 2. The molecule has 1 unspecified atom stereocenters. The number of nitrogens with zero attached hydrogens (tertiary/aromatic N) is 2. The topological polar surface area (TPSA) is 75.1 Å². The van der Waals surface area contributed by atoms with Gasteiger partial charge in [0.1, 0.15) is 5.69 Å². The number of hydrogen-bond donors (Lipinski definition) is 2. The van der Waals surface area contributed by atoms with E-state index in [1.807, 2.05) is 25.1 Å². The molecule has 2 heterocycles. The van der Waals surface area contributed by atoms with Crippen molar-refractivity contribution in [1.29, 1.82) is 0 Å². The number of anilines is 1. The molecule has 5 nitrogen and oxygen atoms in total. The van der Waals surface area contributed by atoms with Gasteiger partial charge >= 0.3 is 5.97 Å². The fourth-order valence-corrected chi connectivity index (χ4v) is 1.56. The summed E-state index contributed by atoms with van der Waals surface area (Å²) in [6.07, 6.45) is 3.24. The molecule has 0 aliphatic heterocycles. The molecule has 2 rings (SSSR count). The van der Waals surface area contributed by atoms with Crippen molar-refractivity contribution in [3.63, 3.8) is 0 Å². The molecule has 18 heavy (non-hydrogen) atoms. The molecule has 0 saturated heterocycles. The van der Waals surface area contributed by atoms with E-state index in [-0.39, 0.29) is 11.7 Å². The number of carboxylic acid groups (broad SMARTS) is 1. The summed E-state index contributed by atoms with van der Waals surface area (Å²) in [5.41, 5.74) is 1.71. The van der Waals surface area contributed by atoms with Crippen LogP contribution in [0.15, 0.2) is 42.7 Å².